The van der Waals surface area contributed by atoms with Gasteiger partial charge in [-0.1, -0.05) is 47.2 Å². The summed E-state index contributed by atoms with van der Waals surface area (Å²) in [5.74, 6) is 0.585. The smallest absolute Gasteiger partial charge is 0.276 e. The summed E-state index contributed by atoms with van der Waals surface area (Å²) in [5.41, 5.74) is 4.32. The molecule has 2 aliphatic rings. The van der Waals surface area contributed by atoms with Crippen LogP contribution in [-0.2, 0) is 29.2 Å². The maximum Gasteiger partial charge on any atom is 0.276 e. The van der Waals surface area contributed by atoms with Crippen molar-refractivity contribution in [2.45, 2.75) is 45.6 Å². The number of aryl methyl sites for hydroxylation is 1. The molecule has 2 aliphatic heterocycles. The Kier molecular flexibility index (Phi) is 6.99. The maximum atomic E-state index is 13.2. The van der Waals surface area contributed by atoms with E-state index in [0.717, 1.165) is 16.9 Å². The van der Waals surface area contributed by atoms with Gasteiger partial charge in [0.25, 0.3) is 5.91 Å². The summed E-state index contributed by atoms with van der Waals surface area (Å²) in [4.78, 5) is 27.7. The number of rotatable bonds is 6. The SMILES string of the molecule is COc1ccc(C2Cn3nnc(C(=O)N4CCC(C(=O)NCc5cccc(C)c5)CC4)c3CO2)cc1. The minimum atomic E-state index is -0.165. The molecule has 0 spiro atoms. The van der Waals surface area contributed by atoms with Crippen molar-refractivity contribution >= 4 is 11.8 Å². The lowest BCUT2D eigenvalue weighted by atomic mass is 9.95. The fourth-order valence-corrected chi connectivity index (χ4v) is 4.85. The Bertz CT molecular complexity index is 1230. The zero-order valence-electron chi connectivity index (χ0n) is 20.6. The summed E-state index contributed by atoms with van der Waals surface area (Å²) in [6, 6.07) is 15.9. The molecule has 3 aromatic rings. The number of methoxy groups -OCH3 is 1. The molecule has 0 bridgehead atoms. The zero-order valence-corrected chi connectivity index (χ0v) is 20.6. The fraction of sp³-hybridized carbons (Fsp3) is 0.407. The number of amides is 2. The molecule has 9 heteroatoms. The summed E-state index contributed by atoms with van der Waals surface area (Å²) in [7, 11) is 1.64. The van der Waals surface area contributed by atoms with E-state index in [9.17, 15) is 9.59 Å². The number of nitrogens with zero attached hydrogens (tertiary/aromatic N) is 4. The van der Waals surface area contributed by atoms with Crippen molar-refractivity contribution < 1.29 is 19.1 Å². The van der Waals surface area contributed by atoms with Crippen molar-refractivity contribution in [2.75, 3.05) is 20.2 Å². The van der Waals surface area contributed by atoms with Crippen molar-refractivity contribution in [1.29, 1.82) is 0 Å². The van der Waals surface area contributed by atoms with Crippen LogP contribution >= 0.6 is 0 Å². The normalized spacial score (nSPS) is 17.9. The van der Waals surface area contributed by atoms with Crippen molar-refractivity contribution in [3.63, 3.8) is 0 Å². The number of nitrogens with one attached hydrogen (secondary N) is 1. The number of carbonyl (C=O) groups is 2. The predicted octanol–water partition coefficient (Wildman–Crippen LogP) is 3.04. The summed E-state index contributed by atoms with van der Waals surface area (Å²) < 4.78 is 13.0. The largest absolute Gasteiger partial charge is 0.497 e. The zero-order chi connectivity index (χ0) is 25.1. The van der Waals surface area contributed by atoms with Crippen LogP contribution in [0.4, 0.5) is 0 Å². The van der Waals surface area contributed by atoms with Gasteiger partial charge in [0, 0.05) is 25.6 Å². The highest BCUT2D eigenvalue weighted by atomic mass is 16.5. The molecule has 36 heavy (non-hydrogen) atoms. The van der Waals surface area contributed by atoms with Crippen molar-refractivity contribution in [3.05, 3.63) is 76.6 Å². The number of benzene rings is 2. The molecule has 1 fully saturated rings. The second-order valence-electron chi connectivity index (χ2n) is 9.41. The van der Waals surface area contributed by atoms with Crippen LogP contribution in [0, 0.1) is 12.8 Å². The van der Waals surface area contributed by atoms with Crippen LogP contribution in [0.1, 0.15) is 51.8 Å². The Balaban J connectivity index is 1.15. The van der Waals surface area contributed by atoms with E-state index in [1.165, 1.54) is 5.56 Å². The maximum absolute atomic E-state index is 13.2. The number of aromatic nitrogens is 3. The number of piperidine rings is 1. The highest BCUT2D eigenvalue weighted by Crippen LogP contribution is 2.29. The lowest BCUT2D eigenvalue weighted by molar-refractivity contribution is -0.126. The average Bonchev–Trinajstić information content (AvgIpc) is 3.35. The highest BCUT2D eigenvalue weighted by molar-refractivity contribution is 5.93. The standard InChI is InChI=1S/C27H31N5O4/c1-18-4-3-5-19(14-18)15-28-26(33)21-10-12-31(13-11-21)27(34)25-23-17-36-24(16-32(23)30-29-25)20-6-8-22(35-2)9-7-20/h3-9,14,21,24H,10-13,15-17H2,1-2H3,(H,28,33). The number of carbonyl (C=O) groups excluding carboxylic acids is 2. The number of likely N-dealkylation sites (tertiary alicyclic amines) is 1. The molecule has 2 amide bonds. The van der Waals surface area contributed by atoms with E-state index in [0.29, 0.717) is 50.4 Å². The van der Waals surface area contributed by atoms with Gasteiger partial charge in [-0.3, -0.25) is 9.59 Å². The number of ether oxygens (including phenoxy) is 2. The summed E-state index contributed by atoms with van der Waals surface area (Å²) >= 11 is 0. The molecule has 9 nitrogen and oxygen atoms in total. The second-order valence-corrected chi connectivity index (χ2v) is 9.41. The first kappa shape index (κ1) is 24.0. The van der Waals surface area contributed by atoms with Crippen LogP contribution in [0.3, 0.4) is 0 Å². The average molecular weight is 490 g/mol. The lowest BCUT2D eigenvalue weighted by Crippen LogP contribution is -2.43. The quantitative estimate of drug-likeness (QED) is 0.572. The number of hydrogen-bond donors (Lipinski definition) is 1. The molecule has 1 saturated heterocycles. The summed E-state index contributed by atoms with van der Waals surface area (Å²) in [5, 5.41) is 11.5. The first-order valence-electron chi connectivity index (χ1n) is 12.3. The molecular weight excluding hydrogens is 458 g/mol. The van der Waals surface area contributed by atoms with Gasteiger partial charge in [0.15, 0.2) is 5.69 Å². The van der Waals surface area contributed by atoms with Gasteiger partial charge in [-0.15, -0.1) is 5.10 Å². The predicted molar refractivity (Wildman–Crippen MR) is 132 cm³/mol. The van der Waals surface area contributed by atoms with E-state index < -0.39 is 0 Å². The van der Waals surface area contributed by atoms with Crippen LogP contribution in [0.15, 0.2) is 48.5 Å². The number of hydrogen-bond acceptors (Lipinski definition) is 6. The van der Waals surface area contributed by atoms with Crippen molar-refractivity contribution in [3.8, 4) is 5.75 Å². The Morgan fingerprint density at radius 2 is 1.92 bits per heavy atom. The van der Waals surface area contributed by atoms with E-state index in [-0.39, 0.29) is 30.4 Å². The second kappa shape index (κ2) is 10.5. The molecular formula is C27H31N5O4. The van der Waals surface area contributed by atoms with Gasteiger partial charge >= 0.3 is 0 Å². The monoisotopic (exact) mass is 489 g/mol. The van der Waals surface area contributed by atoms with Gasteiger partial charge in [0.2, 0.25) is 5.91 Å². The molecule has 1 N–H and O–H groups in total. The number of fused-ring (bicyclic) bond motifs is 1. The van der Waals surface area contributed by atoms with Gasteiger partial charge in [-0.25, -0.2) is 4.68 Å². The topological polar surface area (TPSA) is 98.6 Å². The third kappa shape index (κ3) is 5.11. The first-order valence-corrected chi connectivity index (χ1v) is 12.3. The van der Waals surface area contributed by atoms with Gasteiger partial charge in [0.1, 0.15) is 11.9 Å². The molecule has 188 valence electrons. The molecule has 1 atom stereocenters. The molecule has 3 heterocycles. The third-order valence-electron chi connectivity index (χ3n) is 6.99. The molecule has 2 aromatic carbocycles. The third-order valence-corrected chi connectivity index (χ3v) is 6.99. The van der Waals surface area contributed by atoms with Crippen LogP contribution in [0.2, 0.25) is 0 Å². The van der Waals surface area contributed by atoms with Gasteiger partial charge in [0.05, 0.1) is 26.0 Å². The Morgan fingerprint density at radius 3 is 2.64 bits per heavy atom. The first-order chi connectivity index (χ1) is 17.5. The molecule has 0 radical (unpaired) electrons. The van der Waals surface area contributed by atoms with Gasteiger partial charge in [-0.05, 0) is 43.0 Å². The fourth-order valence-electron chi connectivity index (χ4n) is 4.85. The van der Waals surface area contributed by atoms with Crippen LogP contribution < -0.4 is 10.1 Å². The van der Waals surface area contributed by atoms with Crippen LogP contribution in [0.5, 0.6) is 5.75 Å². The minimum Gasteiger partial charge on any atom is -0.497 e. The van der Waals surface area contributed by atoms with E-state index in [4.69, 9.17) is 9.47 Å². The molecule has 1 aromatic heterocycles. The minimum absolute atomic E-state index is 0.0441. The summed E-state index contributed by atoms with van der Waals surface area (Å²) in [6.07, 6.45) is 1.10. The van der Waals surface area contributed by atoms with Gasteiger partial charge in [-0.2, -0.15) is 0 Å². The lowest BCUT2D eigenvalue weighted by Gasteiger charge is -2.31. The van der Waals surface area contributed by atoms with Crippen LogP contribution in [0.25, 0.3) is 0 Å². The Hall–Kier alpha value is -3.72. The van der Waals surface area contributed by atoms with Crippen molar-refractivity contribution in [1.82, 2.24) is 25.2 Å². The molecule has 5 rings (SSSR count). The highest BCUT2D eigenvalue weighted by Gasteiger charge is 2.33. The molecule has 0 saturated carbocycles. The van der Waals surface area contributed by atoms with Crippen molar-refractivity contribution in [2.24, 2.45) is 5.92 Å². The van der Waals surface area contributed by atoms with Crippen LogP contribution in [-0.4, -0.2) is 51.9 Å². The van der Waals surface area contributed by atoms with E-state index in [1.807, 2.05) is 49.4 Å². The Labute approximate surface area is 210 Å². The van der Waals surface area contributed by atoms with E-state index >= 15 is 0 Å². The molecule has 0 aliphatic carbocycles. The van der Waals surface area contributed by atoms with E-state index in [1.54, 1.807) is 16.7 Å². The Morgan fingerprint density at radius 1 is 1.14 bits per heavy atom. The molecule has 1 unspecified atom stereocenters. The van der Waals surface area contributed by atoms with E-state index in [2.05, 4.69) is 21.7 Å². The van der Waals surface area contributed by atoms with Gasteiger partial charge < -0.3 is 19.7 Å². The summed E-state index contributed by atoms with van der Waals surface area (Å²) in [6.45, 7) is 4.35.